The summed E-state index contributed by atoms with van der Waals surface area (Å²) in [6, 6.07) is 0.294. The molecule has 1 fully saturated rings. The van der Waals surface area contributed by atoms with Crippen LogP contribution in [0.25, 0.3) is 0 Å². The lowest BCUT2D eigenvalue weighted by molar-refractivity contribution is -0.134. The monoisotopic (exact) mass is 243 g/mol. The first-order valence-corrected chi connectivity index (χ1v) is 6.09. The molecule has 16 heavy (non-hydrogen) atoms. The summed E-state index contributed by atoms with van der Waals surface area (Å²) < 4.78 is 0. The highest BCUT2D eigenvalue weighted by Gasteiger charge is 2.28. The fourth-order valence-electron chi connectivity index (χ4n) is 2.06. The molecule has 0 radical (unpaired) electrons. The maximum atomic E-state index is 12.0. The van der Waals surface area contributed by atoms with Crippen molar-refractivity contribution in [1.82, 2.24) is 9.80 Å². The third kappa shape index (κ3) is 3.15. The van der Waals surface area contributed by atoms with Crippen molar-refractivity contribution in [2.24, 2.45) is 11.7 Å². The Labute approximate surface area is 103 Å². The summed E-state index contributed by atoms with van der Waals surface area (Å²) in [7, 11) is 3.93. The number of likely N-dealkylation sites (tertiary alicyclic amines) is 1. The average molecular weight is 243 g/mol. The first-order valence-electron chi connectivity index (χ1n) is 5.68. The molecule has 0 aromatic carbocycles. The molecule has 0 bridgehead atoms. The van der Waals surface area contributed by atoms with Crippen LogP contribution in [0.3, 0.4) is 0 Å². The number of thiocarbonyl (C=S) groups is 1. The molecule has 0 aromatic heterocycles. The van der Waals surface area contributed by atoms with Crippen molar-refractivity contribution < 1.29 is 4.79 Å². The minimum Gasteiger partial charge on any atom is -0.393 e. The first-order chi connectivity index (χ1) is 7.43. The Balaban J connectivity index is 2.59. The Hall–Kier alpha value is -0.680. The standard InChI is InChI=1S/C11H21N3OS/c1-8(10(12)16)11(15)14(3)9-5-4-6-13(2)7-9/h8-9H,4-7H2,1-3H3,(H2,12,16). The Morgan fingerprint density at radius 2 is 2.25 bits per heavy atom. The SMILES string of the molecule is CC(C(=O)N(C)C1CCCN(C)C1)C(N)=S. The van der Waals surface area contributed by atoms with Gasteiger partial charge >= 0.3 is 0 Å². The minimum atomic E-state index is -0.354. The number of likely N-dealkylation sites (N-methyl/N-ethyl adjacent to an activating group) is 2. The van der Waals surface area contributed by atoms with Crippen molar-refractivity contribution >= 4 is 23.1 Å². The average Bonchev–Trinajstić information content (AvgIpc) is 2.26. The van der Waals surface area contributed by atoms with Crippen molar-refractivity contribution in [3.63, 3.8) is 0 Å². The molecule has 1 heterocycles. The molecule has 2 unspecified atom stereocenters. The highest BCUT2D eigenvalue weighted by atomic mass is 32.1. The van der Waals surface area contributed by atoms with E-state index in [0.29, 0.717) is 6.04 Å². The zero-order chi connectivity index (χ0) is 12.3. The van der Waals surface area contributed by atoms with Crippen LogP contribution in [0.2, 0.25) is 0 Å². The Bertz CT molecular complexity index is 282. The topological polar surface area (TPSA) is 49.6 Å². The van der Waals surface area contributed by atoms with E-state index in [-0.39, 0.29) is 16.8 Å². The maximum Gasteiger partial charge on any atom is 0.232 e. The molecular weight excluding hydrogens is 222 g/mol. The normalized spacial score (nSPS) is 23.8. The summed E-state index contributed by atoms with van der Waals surface area (Å²) >= 11 is 4.86. The van der Waals surface area contributed by atoms with E-state index in [1.807, 2.05) is 7.05 Å². The third-order valence-corrected chi connectivity index (χ3v) is 3.65. The van der Waals surface area contributed by atoms with E-state index in [1.165, 1.54) is 0 Å². The van der Waals surface area contributed by atoms with Gasteiger partial charge in [0.05, 0.1) is 10.9 Å². The lowest BCUT2D eigenvalue weighted by atomic mass is 10.0. The minimum absolute atomic E-state index is 0.0350. The molecule has 1 aliphatic heterocycles. The van der Waals surface area contributed by atoms with Gasteiger partial charge in [-0.25, -0.2) is 0 Å². The highest BCUT2D eigenvalue weighted by molar-refractivity contribution is 7.80. The number of carbonyl (C=O) groups excluding carboxylic acids is 1. The van der Waals surface area contributed by atoms with E-state index in [0.717, 1.165) is 25.9 Å². The zero-order valence-electron chi connectivity index (χ0n) is 10.3. The van der Waals surface area contributed by atoms with Crippen molar-refractivity contribution in [3.05, 3.63) is 0 Å². The Morgan fingerprint density at radius 1 is 1.62 bits per heavy atom. The molecule has 0 aliphatic carbocycles. The smallest absolute Gasteiger partial charge is 0.232 e. The molecule has 2 atom stereocenters. The zero-order valence-corrected chi connectivity index (χ0v) is 11.1. The van der Waals surface area contributed by atoms with Crippen LogP contribution in [-0.4, -0.2) is 53.9 Å². The molecule has 1 rings (SSSR count). The van der Waals surface area contributed by atoms with E-state index < -0.39 is 0 Å². The van der Waals surface area contributed by atoms with Gasteiger partial charge in [-0.3, -0.25) is 4.79 Å². The summed E-state index contributed by atoms with van der Waals surface area (Å²) in [5.74, 6) is -0.319. The van der Waals surface area contributed by atoms with Gasteiger partial charge in [0, 0.05) is 19.6 Å². The second-order valence-electron chi connectivity index (χ2n) is 4.63. The van der Waals surface area contributed by atoms with Crippen LogP contribution in [0.1, 0.15) is 19.8 Å². The molecule has 1 aliphatic rings. The first kappa shape index (κ1) is 13.4. The van der Waals surface area contributed by atoms with Crippen LogP contribution in [0.15, 0.2) is 0 Å². The van der Waals surface area contributed by atoms with E-state index >= 15 is 0 Å². The number of hydrogen-bond donors (Lipinski definition) is 1. The Morgan fingerprint density at radius 3 is 2.75 bits per heavy atom. The molecule has 0 spiro atoms. The molecule has 0 saturated carbocycles. The second-order valence-corrected chi connectivity index (χ2v) is 5.10. The van der Waals surface area contributed by atoms with Crippen molar-refractivity contribution in [2.45, 2.75) is 25.8 Å². The summed E-state index contributed by atoms with van der Waals surface area (Å²) in [5, 5.41) is 0. The predicted molar refractivity (Wildman–Crippen MR) is 69.2 cm³/mol. The van der Waals surface area contributed by atoms with Gasteiger partial charge in [0.15, 0.2) is 0 Å². The van der Waals surface area contributed by atoms with Crippen LogP contribution in [-0.2, 0) is 4.79 Å². The summed E-state index contributed by atoms with van der Waals surface area (Å²) in [6.45, 7) is 3.82. The molecule has 4 nitrogen and oxygen atoms in total. The molecule has 92 valence electrons. The van der Waals surface area contributed by atoms with Gasteiger partial charge in [0.25, 0.3) is 0 Å². The summed E-state index contributed by atoms with van der Waals surface area (Å²) in [4.78, 5) is 16.4. The molecule has 2 N–H and O–H groups in total. The highest BCUT2D eigenvalue weighted by Crippen LogP contribution is 2.15. The molecule has 1 amide bonds. The molecule has 0 aromatic rings. The third-order valence-electron chi connectivity index (χ3n) is 3.29. The Kier molecular flexibility index (Phi) is 4.68. The number of amides is 1. The molecular formula is C11H21N3OS. The number of rotatable bonds is 3. The van der Waals surface area contributed by atoms with E-state index in [1.54, 1.807) is 11.8 Å². The van der Waals surface area contributed by atoms with E-state index in [4.69, 9.17) is 18.0 Å². The van der Waals surface area contributed by atoms with Gasteiger partial charge in [0.2, 0.25) is 5.91 Å². The second kappa shape index (κ2) is 5.59. The number of piperidine rings is 1. The van der Waals surface area contributed by atoms with Crippen molar-refractivity contribution in [3.8, 4) is 0 Å². The van der Waals surface area contributed by atoms with E-state index in [9.17, 15) is 4.79 Å². The van der Waals surface area contributed by atoms with Gasteiger partial charge in [-0.15, -0.1) is 0 Å². The van der Waals surface area contributed by atoms with Crippen LogP contribution < -0.4 is 5.73 Å². The van der Waals surface area contributed by atoms with Crippen LogP contribution >= 0.6 is 12.2 Å². The van der Waals surface area contributed by atoms with Crippen LogP contribution in [0.4, 0.5) is 0 Å². The summed E-state index contributed by atoms with van der Waals surface area (Å²) in [5.41, 5.74) is 5.51. The van der Waals surface area contributed by atoms with Crippen LogP contribution in [0, 0.1) is 5.92 Å². The predicted octanol–water partition coefficient (Wildman–Crippen LogP) is 0.461. The fourth-order valence-corrected chi connectivity index (χ4v) is 2.16. The van der Waals surface area contributed by atoms with Crippen molar-refractivity contribution in [1.29, 1.82) is 0 Å². The number of carbonyl (C=O) groups is 1. The fraction of sp³-hybridized carbons (Fsp3) is 0.818. The van der Waals surface area contributed by atoms with Gasteiger partial charge in [-0.2, -0.15) is 0 Å². The van der Waals surface area contributed by atoms with Gasteiger partial charge in [-0.05, 0) is 33.4 Å². The van der Waals surface area contributed by atoms with Gasteiger partial charge < -0.3 is 15.5 Å². The lowest BCUT2D eigenvalue weighted by Gasteiger charge is -2.36. The number of hydrogen-bond acceptors (Lipinski definition) is 3. The quantitative estimate of drug-likeness (QED) is 0.732. The molecule has 5 heteroatoms. The lowest BCUT2D eigenvalue weighted by Crippen LogP contribution is -2.50. The van der Waals surface area contributed by atoms with Crippen molar-refractivity contribution in [2.75, 3.05) is 27.2 Å². The summed E-state index contributed by atoms with van der Waals surface area (Å²) in [6.07, 6.45) is 2.21. The van der Waals surface area contributed by atoms with Crippen LogP contribution in [0.5, 0.6) is 0 Å². The number of nitrogens with zero attached hydrogens (tertiary/aromatic N) is 2. The number of nitrogens with two attached hydrogens (primary N) is 1. The van der Waals surface area contributed by atoms with Gasteiger partial charge in [-0.1, -0.05) is 12.2 Å². The molecule has 1 saturated heterocycles. The maximum absolute atomic E-state index is 12.0. The van der Waals surface area contributed by atoms with Gasteiger partial charge in [0.1, 0.15) is 0 Å². The largest absolute Gasteiger partial charge is 0.393 e. The van der Waals surface area contributed by atoms with E-state index in [2.05, 4.69) is 11.9 Å².